The molecule has 5 heteroatoms. The Morgan fingerprint density at radius 2 is 1.59 bits per heavy atom. The number of amides is 2. The second-order valence-corrected chi connectivity index (χ2v) is 6.81. The van der Waals surface area contributed by atoms with Crippen LogP contribution in [0.4, 0.5) is 17.1 Å². The number of carbonyl (C=O) groups excluding carboxylic acids is 2. The number of rotatable bonds is 9. The van der Waals surface area contributed by atoms with Gasteiger partial charge in [0.2, 0.25) is 11.8 Å². The van der Waals surface area contributed by atoms with E-state index in [-0.39, 0.29) is 18.4 Å². The fourth-order valence-corrected chi connectivity index (χ4v) is 2.83. The molecule has 0 aliphatic rings. The van der Waals surface area contributed by atoms with Crippen molar-refractivity contribution in [2.24, 2.45) is 0 Å². The molecule has 0 atom stereocenters. The van der Waals surface area contributed by atoms with Crippen molar-refractivity contribution in [3.05, 3.63) is 53.6 Å². The maximum atomic E-state index is 12.2. The molecule has 0 radical (unpaired) electrons. The first-order chi connectivity index (χ1) is 13.0. The van der Waals surface area contributed by atoms with E-state index in [1.54, 1.807) is 6.07 Å². The molecule has 0 saturated carbocycles. The summed E-state index contributed by atoms with van der Waals surface area (Å²) in [6, 6.07) is 13.3. The summed E-state index contributed by atoms with van der Waals surface area (Å²) < 4.78 is 0. The minimum absolute atomic E-state index is 0.00318. The van der Waals surface area contributed by atoms with E-state index in [0.717, 1.165) is 30.5 Å². The van der Waals surface area contributed by atoms with Gasteiger partial charge in [-0.3, -0.25) is 9.59 Å². The lowest BCUT2D eigenvalue weighted by Crippen LogP contribution is -2.22. The molecule has 0 saturated heterocycles. The molecule has 0 aliphatic carbocycles. The Hall–Kier alpha value is -2.82. The van der Waals surface area contributed by atoms with Crippen molar-refractivity contribution in [3.8, 4) is 0 Å². The molecule has 144 valence electrons. The van der Waals surface area contributed by atoms with Gasteiger partial charge in [0, 0.05) is 23.5 Å². The van der Waals surface area contributed by atoms with Crippen LogP contribution in [0.25, 0.3) is 0 Å². The molecule has 2 aromatic carbocycles. The number of hydrogen-bond acceptors (Lipinski definition) is 3. The third-order valence-corrected chi connectivity index (χ3v) is 4.26. The summed E-state index contributed by atoms with van der Waals surface area (Å²) in [6.07, 6.45) is 3.55. The van der Waals surface area contributed by atoms with E-state index in [1.807, 2.05) is 44.2 Å². The predicted octanol–water partition coefficient (Wildman–Crippen LogP) is 4.87. The number of nitrogens with one attached hydrogen (secondary N) is 3. The minimum Gasteiger partial charge on any atom is -0.376 e. The van der Waals surface area contributed by atoms with Crippen LogP contribution >= 0.6 is 0 Å². The highest BCUT2D eigenvalue weighted by Crippen LogP contribution is 2.17. The van der Waals surface area contributed by atoms with Crippen molar-refractivity contribution in [2.45, 2.75) is 46.5 Å². The fourth-order valence-electron chi connectivity index (χ4n) is 2.83. The molecule has 0 fully saturated rings. The zero-order valence-corrected chi connectivity index (χ0v) is 16.4. The largest absolute Gasteiger partial charge is 0.376 e. The monoisotopic (exact) mass is 367 g/mol. The summed E-state index contributed by atoms with van der Waals surface area (Å²) in [5, 5.41) is 8.89. The van der Waals surface area contributed by atoms with Gasteiger partial charge >= 0.3 is 0 Å². The van der Waals surface area contributed by atoms with Crippen LogP contribution in [-0.4, -0.2) is 18.4 Å². The van der Waals surface area contributed by atoms with Crippen LogP contribution in [0.1, 0.15) is 43.7 Å². The first-order valence-corrected chi connectivity index (χ1v) is 9.49. The molecule has 2 aromatic rings. The first kappa shape index (κ1) is 20.5. The molecule has 3 N–H and O–H groups in total. The standard InChI is InChI=1S/C22H29N3O2/c1-4-5-6-10-21(26)24-18-8-7-9-19(14-18)25-22(27)15-23-20-12-11-16(2)13-17(20)3/h7-9,11-14,23H,4-6,10,15H2,1-3H3,(H,24,26)(H,25,27). The van der Waals surface area contributed by atoms with E-state index < -0.39 is 0 Å². The van der Waals surface area contributed by atoms with E-state index in [9.17, 15) is 9.59 Å². The van der Waals surface area contributed by atoms with E-state index in [1.165, 1.54) is 5.56 Å². The van der Waals surface area contributed by atoms with E-state index in [0.29, 0.717) is 17.8 Å². The predicted molar refractivity (Wildman–Crippen MR) is 112 cm³/mol. The summed E-state index contributed by atoms with van der Waals surface area (Å²) in [7, 11) is 0. The molecule has 0 unspecified atom stereocenters. The van der Waals surface area contributed by atoms with E-state index >= 15 is 0 Å². The molecular weight excluding hydrogens is 338 g/mol. The second kappa shape index (κ2) is 10.4. The summed E-state index contributed by atoms with van der Waals surface area (Å²) in [6.45, 7) is 6.34. The summed E-state index contributed by atoms with van der Waals surface area (Å²) >= 11 is 0. The number of carbonyl (C=O) groups is 2. The molecule has 0 aromatic heterocycles. The van der Waals surface area contributed by atoms with Gasteiger partial charge in [0.1, 0.15) is 0 Å². The van der Waals surface area contributed by atoms with Gasteiger partial charge in [0.05, 0.1) is 6.54 Å². The van der Waals surface area contributed by atoms with Crippen molar-refractivity contribution in [1.82, 2.24) is 0 Å². The number of benzene rings is 2. The highest BCUT2D eigenvalue weighted by atomic mass is 16.2. The average molecular weight is 367 g/mol. The third kappa shape index (κ3) is 7.13. The highest BCUT2D eigenvalue weighted by molar-refractivity contribution is 5.95. The van der Waals surface area contributed by atoms with Gasteiger partial charge in [-0.15, -0.1) is 0 Å². The summed E-state index contributed by atoms with van der Waals surface area (Å²) in [5.41, 5.74) is 4.60. The smallest absolute Gasteiger partial charge is 0.243 e. The lowest BCUT2D eigenvalue weighted by molar-refractivity contribution is -0.116. The van der Waals surface area contributed by atoms with Gasteiger partial charge in [-0.2, -0.15) is 0 Å². The van der Waals surface area contributed by atoms with Crippen molar-refractivity contribution in [1.29, 1.82) is 0 Å². The van der Waals surface area contributed by atoms with Gasteiger partial charge < -0.3 is 16.0 Å². The third-order valence-electron chi connectivity index (χ3n) is 4.26. The SMILES string of the molecule is CCCCCC(=O)Nc1cccc(NC(=O)CNc2ccc(C)cc2C)c1. The summed E-state index contributed by atoms with van der Waals surface area (Å²) in [4.78, 5) is 24.1. The van der Waals surface area contributed by atoms with Crippen LogP contribution in [0.15, 0.2) is 42.5 Å². The van der Waals surface area contributed by atoms with Gasteiger partial charge in [0.25, 0.3) is 0 Å². The van der Waals surface area contributed by atoms with E-state index in [2.05, 4.69) is 28.9 Å². The van der Waals surface area contributed by atoms with Crippen molar-refractivity contribution < 1.29 is 9.59 Å². The molecule has 0 spiro atoms. The van der Waals surface area contributed by atoms with Crippen molar-refractivity contribution in [2.75, 3.05) is 22.5 Å². The molecule has 0 heterocycles. The molecular formula is C22H29N3O2. The van der Waals surface area contributed by atoms with Crippen LogP contribution in [0.3, 0.4) is 0 Å². The van der Waals surface area contributed by atoms with Crippen LogP contribution in [-0.2, 0) is 9.59 Å². The quantitative estimate of drug-likeness (QED) is 0.554. The zero-order valence-electron chi connectivity index (χ0n) is 16.4. The Labute approximate surface area is 161 Å². The van der Waals surface area contributed by atoms with Crippen LogP contribution < -0.4 is 16.0 Å². The van der Waals surface area contributed by atoms with Gasteiger partial charge in [-0.05, 0) is 50.1 Å². The number of hydrogen-bond donors (Lipinski definition) is 3. The maximum absolute atomic E-state index is 12.2. The first-order valence-electron chi connectivity index (χ1n) is 9.49. The molecule has 2 amide bonds. The molecule has 0 aliphatic heterocycles. The highest BCUT2D eigenvalue weighted by Gasteiger charge is 2.06. The molecule has 27 heavy (non-hydrogen) atoms. The summed E-state index contributed by atoms with van der Waals surface area (Å²) in [5.74, 6) is -0.134. The van der Waals surface area contributed by atoms with E-state index in [4.69, 9.17) is 0 Å². The Bertz CT molecular complexity index is 787. The Balaban J connectivity index is 1.85. The van der Waals surface area contributed by atoms with Gasteiger partial charge in [0.15, 0.2) is 0 Å². The Morgan fingerprint density at radius 1 is 0.889 bits per heavy atom. The fraction of sp³-hybridized carbons (Fsp3) is 0.364. The zero-order chi connectivity index (χ0) is 19.6. The normalized spacial score (nSPS) is 10.3. The molecule has 0 bridgehead atoms. The topological polar surface area (TPSA) is 70.2 Å². The second-order valence-electron chi connectivity index (χ2n) is 6.81. The maximum Gasteiger partial charge on any atom is 0.243 e. The number of unbranched alkanes of at least 4 members (excludes halogenated alkanes) is 2. The lowest BCUT2D eigenvalue weighted by atomic mass is 10.1. The minimum atomic E-state index is -0.138. The van der Waals surface area contributed by atoms with Gasteiger partial charge in [-0.1, -0.05) is 43.5 Å². The van der Waals surface area contributed by atoms with Crippen LogP contribution in [0.2, 0.25) is 0 Å². The van der Waals surface area contributed by atoms with Crippen molar-refractivity contribution >= 4 is 28.9 Å². The van der Waals surface area contributed by atoms with Gasteiger partial charge in [-0.25, -0.2) is 0 Å². The molecule has 5 nitrogen and oxygen atoms in total. The lowest BCUT2D eigenvalue weighted by Gasteiger charge is -2.11. The van der Waals surface area contributed by atoms with Crippen molar-refractivity contribution in [3.63, 3.8) is 0 Å². The van der Waals surface area contributed by atoms with Crippen LogP contribution in [0, 0.1) is 13.8 Å². The Kier molecular flexibility index (Phi) is 7.86. The number of aryl methyl sites for hydroxylation is 2. The molecule has 2 rings (SSSR count). The average Bonchev–Trinajstić information content (AvgIpc) is 2.61. The Morgan fingerprint density at radius 3 is 2.26 bits per heavy atom. The van der Waals surface area contributed by atoms with Crippen LogP contribution in [0.5, 0.6) is 0 Å². The number of anilines is 3.